The van der Waals surface area contributed by atoms with E-state index in [4.69, 9.17) is 0 Å². The van der Waals surface area contributed by atoms with Gasteiger partial charge in [-0.15, -0.1) is 0 Å². The average molecular weight is 572 g/mol. The van der Waals surface area contributed by atoms with Crippen LogP contribution in [0, 0.1) is 24.7 Å². The van der Waals surface area contributed by atoms with Crippen molar-refractivity contribution in [3.63, 3.8) is 0 Å². The van der Waals surface area contributed by atoms with E-state index < -0.39 is 23.7 Å². The lowest BCUT2D eigenvalue weighted by molar-refractivity contribution is -0.123. The summed E-state index contributed by atoms with van der Waals surface area (Å²) in [5.74, 6) is -2.88. The summed E-state index contributed by atoms with van der Waals surface area (Å²) in [6.45, 7) is 3.83. The quantitative estimate of drug-likeness (QED) is 0.309. The number of rotatable bonds is 3. The zero-order valence-electron chi connectivity index (χ0n) is 21.0. The third kappa shape index (κ3) is 3.59. The highest BCUT2D eigenvalue weighted by Gasteiger charge is 2.56. The molecule has 1 fully saturated rings. The van der Waals surface area contributed by atoms with Gasteiger partial charge in [-0.25, -0.2) is 0 Å². The smallest absolute Gasteiger partial charge is 0.238 e. The molecule has 38 heavy (non-hydrogen) atoms. The monoisotopic (exact) mass is 571 g/mol. The van der Waals surface area contributed by atoms with Crippen molar-refractivity contribution < 1.29 is 24.3 Å². The Kier molecular flexibility index (Phi) is 5.87. The number of Topliss-reactive ketones (excluding diaryl/α,β-unsaturated/α-hetero) is 1. The van der Waals surface area contributed by atoms with Gasteiger partial charge in [0.2, 0.25) is 11.8 Å². The van der Waals surface area contributed by atoms with E-state index in [-0.39, 0.29) is 40.0 Å². The molecule has 1 heterocycles. The van der Waals surface area contributed by atoms with Gasteiger partial charge in [0, 0.05) is 23.1 Å². The molecule has 6 nitrogen and oxygen atoms in total. The second-order valence-electron chi connectivity index (χ2n) is 10.5. The fourth-order valence-electron chi connectivity index (χ4n) is 6.58. The number of carbonyl (C=O) groups is 4. The standard InChI is InChI=1S/C31H26BrNO5/c1-3-16-4-7-18(8-5-16)33-30(37)20-10-9-19-21(27(20)31(33)38)13-22-28(25(35)14-23(32)29(22)36)26(19)17-6-11-24(34)15(2)12-17/h4-9,11-12,14,20-21,26-27,34H,3,10,13H2,1-2H3. The maximum atomic E-state index is 13.9. The predicted molar refractivity (Wildman–Crippen MR) is 146 cm³/mol. The second kappa shape index (κ2) is 9.02. The highest BCUT2D eigenvalue weighted by molar-refractivity contribution is 9.12. The summed E-state index contributed by atoms with van der Waals surface area (Å²) in [5, 5.41) is 10.1. The summed E-state index contributed by atoms with van der Waals surface area (Å²) in [6.07, 6.45) is 4.80. The van der Waals surface area contributed by atoms with Crippen molar-refractivity contribution >= 4 is 45.0 Å². The third-order valence-corrected chi connectivity index (χ3v) is 9.08. The van der Waals surface area contributed by atoms with Crippen LogP contribution in [-0.2, 0) is 25.6 Å². The van der Waals surface area contributed by atoms with Crippen molar-refractivity contribution in [3.8, 4) is 5.75 Å². The molecule has 1 saturated heterocycles. The largest absolute Gasteiger partial charge is 0.508 e. The second-order valence-corrected chi connectivity index (χ2v) is 11.3. The van der Waals surface area contributed by atoms with Gasteiger partial charge in [0.05, 0.1) is 22.0 Å². The van der Waals surface area contributed by atoms with Gasteiger partial charge >= 0.3 is 0 Å². The number of carbonyl (C=O) groups excluding carboxylic acids is 4. The van der Waals surface area contributed by atoms with Crippen LogP contribution >= 0.6 is 15.9 Å². The fraction of sp³-hybridized carbons (Fsp3) is 0.290. The number of phenols is 1. The van der Waals surface area contributed by atoms with Crippen LogP contribution in [0.5, 0.6) is 5.75 Å². The number of hydrogen-bond acceptors (Lipinski definition) is 5. The molecular formula is C31H26BrNO5. The topological polar surface area (TPSA) is 91.8 Å². The molecular weight excluding hydrogens is 546 g/mol. The Morgan fingerprint density at radius 1 is 1.00 bits per heavy atom. The highest BCUT2D eigenvalue weighted by atomic mass is 79.9. The van der Waals surface area contributed by atoms with Crippen molar-refractivity contribution in [2.24, 2.45) is 17.8 Å². The predicted octanol–water partition coefficient (Wildman–Crippen LogP) is 5.23. The van der Waals surface area contributed by atoms with E-state index in [9.17, 15) is 24.3 Å². The van der Waals surface area contributed by atoms with Gasteiger partial charge < -0.3 is 5.11 Å². The first-order chi connectivity index (χ1) is 18.2. The average Bonchev–Trinajstić information content (AvgIpc) is 3.17. The van der Waals surface area contributed by atoms with Crippen molar-refractivity contribution in [3.05, 3.63) is 92.5 Å². The lowest BCUT2D eigenvalue weighted by Gasteiger charge is -2.42. The highest BCUT2D eigenvalue weighted by Crippen LogP contribution is 2.55. The van der Waals surface area contributed by atoms with Crippen LogP contribution in [0.4, 0.5) is 5.69 Å². The number of aryl methyl sites for hydroxylation is 2. The van der Waals surface area contributed by atoms with Crippen LogP contribution < -0.4 is 4.90 Å². The molecule has 1 N–H and O–H groups in total. The Morgan fingerprint density at radius 3 is 2.42 bits per heavy atom. The van der Waals surface area contributed by atoms with E-state index in [1.165, 1.54) is 11.0 Å². The first-order valence-corrected chi connectivity index (χ1v) is 13.7. The zero-order valence-corrected chi connectivity index (χ0v) is 22.6. The lowest BCUT2D eigenvalue weighted by Crippen LogP contribution is -2.39. The van der Waals surface area contributed by atoms with Gasteiger partial charge in [0.15, 0.2) is 11.6 Å². The normalized spacial score (nSPS) is 26.7. The summed E-state index contributed by atoms with van der Waals surface area (Å²) in [7, 11) is 0. The maximum Gasteiger partial charge on any atom is 0.238 e. The molecule has 0 spiro atoms. The summed E-state index contributed by atoms with van der Waals surface area (Å²) in [6, 6.07) is 12.7. The first kappa shape index (κ1) is 24.7. The molecule has 4 aliphatic rings. The molecule has 0 aromatic heterocycles. The number of fused-ring (bicyclic) bond motifs is 3. The number of imide groups is 1. The number of allylic oxidation sites excluding steroid dienone is 6. The minimum atomic E-state index is -0.615. The molecule has 0 radical (unpaired) electrons. The molecule has 3 aliphatic carbocycles. The van der Waals surface area contributed by atoms with Gasteiger partial charge in [-0.2, -0.15) is 0 Å². The van der Waals surface area contributed by atoms with Crippen molar-refractivity contribution in [2.75, 3.05) is 4.90 Å². The number of aromatic hydroxyl groups is 1. The Balaban J connectivity index is 1.47. The number of benzene rings is 2. The number of anilines is 1. The van der Waals surface area contributed by atoms with Gasteiger partial charge in [0.1, 0.15) is 5.75 Å². The Bertz CT molecular complexity index is 1530. The summed E-state index contributed by atoms with van der Waals surface area (Å²) in [4.78, 5) is 55.4. The minimum absolute atomic E-state index is 0.142. The Hall–Kier alpha value is -3.58. The summed E-state index contributed by atoms with van der Waals surface area (Å²) < 4.78 is 0.202. The lowest BCUT2D eigenvalue weighted by atomic mass is 9.59. The summed E-state index contributed by atoms with van der Waals surface area (Å²) >= 11 is 3.25. The molecule has 4 atom stereocenters. The van der Waals surface area contributed by atoms with Crippen LogP contribution in [0.25, 0.3) is 0 Å². The fourth-order valence-corrected chi connectivity index (χ4v) is 7.03. The first-order valence-electron chi connectivity index (χ1n) is 12.9. The van der Waals surface area contributed by atoms with Crippen LogP contribution in [0.15, 0.2) is 75.8 Å². The van der Waals surface area contributed by atoms with Gasteiger partial charge in [-0.05, 0) is 82.9 Å². The number of ketones is 2. The Labute approximate surface area is 228 Å². The number of phenolic OH excluding ortho intramolecular Hbond substituents is 1. The molecule has 1 aliphatic heterocycles. The van der Waals surface area contributed by atoms with Crippen LogP contribution in [0.2, 0.25) is 0 Å². The van der Waals surface area contributed by atoms with Gasteiger partial charge in [-0.3, -0.25) is 24.1 Å². The summed E-state index contributed by atoms with van der Waals surface area (Å²) in [5.41, 5.74) is 4.82. The van der Waals surface area contributed by atoms with E-state index in [1.807, 2.05) is 43.3 Å². The molecule has 0 bridgehead atoms. The molecule has 2 amide bonds. The van der Waals surface area contributed by atoms with Crippen molar-refractivity contribution in [1.29, 1.82) is 0 Å². The van der Waals surface area contributed by atoms with E-state index in [0.29, 0.717) is 28.8 Å². The van der Waals surface area contributed by atoms with Crippen molar-refractivity contribution in [1.82, 2.24) is 0 Å². The van der Waals surface area contributed by atoms with E-state index >= 15 is 0 Å². The zero-order chi connectivity index (χ0) is 26.9. The number of amides is 2. The van der Waals surface area contributed by atoms with Gasteiger partial charge in [0.25, 0.3) is 0 Å². The molecule has 0 saturated carbocycles. The third-order valence-electron chi connectivity index (χ3n) is 8.49. The van der Waals surface area contributed by atoms with Crippen LogP contribution in [0.1, 0.15) is 42.4 Å². The van der Waals surface area contributed by atoms with Crippen LogP contribution in [0.3, 0.4) is 0 Å². The number of nitrogens with zero attached hydrogens (tertiary/aromatic N) is 1. The number of halogens is 1. The molecule has 192 valence electrons. The van der Waals surface area contributed by atoms with E-state index in [0.717, 1.165) is 23.1 Å². The van der Waals surface area contributed by atoms with E-state index in [2.05, 4.69) is 15.9 Å². The molecule has 4 unspecified atom stereocenters. The van der Waals surface area contributed by atoms with Crippen LogP contribution in [-0.4, -0.2) is 28.5 Å². The molecule has 7 heteroatoms. The molecule has 2 aromatic carbocycles. The number of hydrogen-bond donors (Lipinski definition) is 1. The van der Waals surface area contributed by atoms with Gasteiger partial charge in [-0.1, -0.05) is 42.8 Å². The van der Waals surface area contributed by atoms with E-state index in [1.54, 1.807) is 19.1 Å². The minimum Gasteiger partial charge on any atom is -0.508 e. The molecule has 6 rings (SSSR count). The molecule has 2 aromatic rings. The SMILES string of the molecule is CCc1ccc(N2C(=O)C3CC=C4C(c5ccc(O)c(C)c5)C5=C(CC4C3C2=O)C(=O)C(Br)=CC5=O)cc1. The maximum absolute atomic E-state index is 13.9. The van der Waals surface area contributed by atoms with Crippen molar-refractivity contribution in [2.45, 2.75) is 39.0 Å². The Morgan fingerprint density at radius 2 is 1.74 bits per heavy atom.